The molecule has 0 heterocycles. The molecule has 2 aromatic carbocycles. The summed E-state index contributed by atoms with van der Waals surface area (Å²) in [6.07, 6.45) is -1.40. The van der Waals surface area contributed by atoms with Crippen molar-refractivity contribution in [3.63, 3.8) is 0 Å². The summed E-state index contributed by atoms with van der Waals surface area (Å²) in [7, 11) is 0. The lowest BCUT2D eigenvalue weighted by molar-refractivity contribution is -0.170. The van der Waals surface area contributed by atoms with Crippen molar-refractivity contribution in [1.82, 2.24) is 4.90 Å². The van der Waals surface area contributed by atoms with Gasteiger partial charge in [-0.25, -0.2) is 9.59 Å². The second kappa shape index (κ2) is 16.7. The van der Waals surface area contributed by atoms with Crippen molar-refractivity contribution in [2.75, 3.05) is 32.8 Å². The number of hydrogen-bond donors (Lipinski definition) is 4. The number of carbonyl (C=O) groups is 4. The van der Waals surface area contributed by atoms with Gasteiger partial charge in [-0.2, -0.15) is 0 Å². The van der Waals surface area contributed by atoms with Crippen LogP contribution in [0.25, 0.3) is 0 Å². The number of carboxylic acids is 3. The first-order valence-corrected chi connectivity index (χ1v) is 12.0. The smallest absolute Gasteiger partial charge is 0.344 e. The van der Waals surface area contributed by atoms with Crippen molar-refractivity contribution in [3.05, 3.63) is 65.7 Å². The molecule has 0 fully saturated rings. The lowest BCUT2D eigenvalue weighted by Crippen LogP contribution is -2.42. The van der Waals surface area contributed by atoms with E-state index in [0.717, 1.165) is 26.1 Å². The second-order valence-corrected chi connectivity index (χ2v) is 8.32. The number of carbonyl (C=O) groups excluding carboxylic acids is 1. The Bertz CT molecular complexity index is 1000. The van der Waals surface area contributed by atoms with Crippen LogP contribution in [0, 0.1) is 0 Å². The lowest BCUT2D eigenvalue weighted by Gasteiger charge is -2.18. The number of rotatable bonds is 15. The Morgan fingerprint density at radius 1 is 0.816 bits per heavy atom. The first-order chi connectivity index (χ1) is 18.0. The van der Waals surface area contributed by atoms with E-state index < -0.39 is 36.4 Å². The van der Waals surface area contributed by atoms with E-state index in [1.165, 1.54) is 11.1 Å². The minimum atomic E-state index is -2.74. The Hall–Kier alpha value is -3.96. The number of hydrogen-bond acceptors (Lipinski definition) is 8. The summed E-state index contributed by atoms with van der Waals surface area (Å²) in [5.74, 6) is -4.67. The van der Waals surface area contributed by atoms with Gasteiger partial charge in [0.2, 0.25) is 0 Å². The van der Waals surface area contributed by atoms with E-state index in [0.29, 0.717) is 12.4 Å². The zero-order chi connectivity index (χ0) is 28.6. The highest BCUT2D eigenvalue weighted by Crippen LogP contribution is 2.16. The highest BCUT2D eigenvalue weighted by molar-refractivity contribution is 5.88. The maximum Gasteiger partial charge on any atom is 0.344 e. The van der Waals surface area contributed by atoms with Gasteiger partial charge in [-0.1, -0.05) is 56.3 Å². The Morgan fingerprint density at radius 3 is 1.82 bits per heavy atom. The van der Waals surface area contributed by atoms with Gasteiger partial charge in [-0.15, -0.1) is 0 Å². The van der Waals surface area contributed by atoms with Crippen LogP contribution in [0.1, 0.15) is 37.8 Å². The second-order valence-electron chi connectivity index (χ2n) is 8.32. The Kier molecular flexibility index (Phi) is 14.1. The third-order valence-corrected chi connectivity index (χ3v) is 5.38. The van der Waals surface area contributed by atoms with Crippen molar-refractivity contribution in [2.45, 2.75) is 38.7 Å². The SMILES string of the molecule is CCN(CC)CCOC(=O)COc1ccc(Cc2ccccc2)cc1.O=C(O)CC(O)(CC(=O)O)C(=O)O. The van der Waals surface area contributed by atoms with Crippen LogP contribution < -0.4 is 4.74 Å². The van der Waals surface area contributed by atoms with Crippen LogP contribution in [0.4, 0.5) is 0 Å². The zero-order valence-corrected chi connectivity index (χ0v) is 21.5. The molecule has 2 aromatic rings. The fourth-order valence-electron chi connectivity index (χ4n) is 3.26. The van der Waals surface area contributed by atoms with Gasteiger partial charge in [0.1, 0.15) is 12.4 Å². The predicted octanol–water partition coefficient (Wildman–Crippen LogP) is 2.29. The molecule has 0 aliphatic carbocycles. The first kappa shape index (κ1) is 32.1. The summed E-state index contributed by atoms with van der Waals surface area (Å²) in [5, 5.41) is 33.8. The van der Waals surface area contributed by atoms with Crippen LogP contribution in [0.3, 0.4) is 0 Å². The molecular formula is C27H35NO10. The van der Waals surface area contributed by atoms with Crippen LogP contribution in [0.2, 0.25) is 0 Å². The molecule has 0 amide bonds. The molecule has 0 aromatic heterocycles. The summed E-state index contributed by atoms with van der Waals surface area (Å²) >= 11 is 0. The third-order valence-electron chi connectivity index (χ3n) is 5.38. The van der Waals surface area contributed by atoms with Gasteiger partial charge >= 0.3 is 23.9 Å². The number of likely N-dealkylation sites (N-methyl/N-ethyl adjacent to an activating group) is 1. The van der Waals surface area contributed by atoms with E-state index >= 15 is 0 Å². The van der Waals surface area contributed by atoms with E-state index in [4.69, 9.17) is 29.9 Å². The molecule has 0 atom stereocenters. The Balaban J connectivity index is 0.000000471. The van der Waals surface area contributed by atoms with E-state index in [1.807, 2.05) is 42.5 Å². The van der Waals surface area contributed by atoms with Crippen molar-refractivity contribution in [2.24, 2.45) is 0 Å². The zero-order valence-electron chi connectivity index (χ0n) is 21.5. The van der Waals surface area contributed by atoms with Crippen molar-refractivity contribution in [3.8, 4) is 5.75 Å². The van der Waals surface area contributed by atoms with Crippen molar-refractivity contribution >= 4 is 23.9 Å². The highest BCUT2D eigenvalue weighted by Gasteiger charge is 2.40. The standard InChI is InChI=1S/C21H27NO3.C6H8O7/c1-3-22(4-2)14-15-24-21(23)17-25-20-12-10-19(11-13-20)16-18-8-6-5-7-9-18;7-3(8)1-6(13,5(11)12)2-4(9)10/h5-13H,3-4,14-17H2,1-2H3;13H,1-2H2,(H,7,8)(H,9,10)(H,11,12). The molecule has 0 saturated carbocycles. The van der Waals surface area contributed by atoms with Crippen LogP contribution in [-0.4, -0.2) is 87.7 Å². The van der Waals surface area contributed by atoms with Gasteiger partial charge in [-0.3, -0.25) is 9.59 Å². The number of benzene rings is 2. The van der Waals surface area contributed by atoms with E-state index in [1.54, 1.807) is 0 Å². The summed E-state index contributed by atoms with van der Waals surface area (Å²) in [5.41, 5.74) is -0.259. The van der Waals surface area contributed by atoms with Crippen LogP contribution in [-0.2, 0) is 30.3 Å². The monoisotopic (exact) mass is 533 g/mol. The number of aliphatic hydroxyl groups is 1. The number of nitrogens with zero attached hydrogens (tertiary/aromatic N) is 1. The van der Waals surface area contributed by atoms with Gasteiger partial charge in [0.05, 0.1) is 12.8 Å². The van der Waals surface area contributed by atoms with Gasteiger partial charge in [0.25, 0.3) is 0 Å². The molecule has 0 unspecified atom stereocenters. The van der Waals surface area contributed by atoms with Gasteiger partial charge in [0.15, 0.2) is 12.2 Å². The quantitative estimate of drug-likeness (QED) is 0.248. The summed E-state index contributed by atoms with van der Waals surface area (Å²) in [6, 6.07) is 18.1. The summed E-state index contributed by atoms with van der Waals surface area (Å²) in [6.45, 7) is 7.20. The molecule has 4 N–H and O–H groups in total. The minimum Gasteiger partial charge on any atom is -0.482 e. The third kappa shape index (κ3) is 12.8. The summed E-state index contributed by atoms with van der Waals surface area (Å²) in [4.78, 5) is 44.4. The van der Waals surface area contributed by atoms with Gasteiger partial charge < -0.3 is 34.8 Å². The Labute approximate surface area is 221 Å². The van der Waals surface area contributed by atoms with Crippen molar-refractivity contribution < 1.29 is 49.1 Å². The molecule has 0 spiro atoms. The van der Waals surface area contributed by atoms with Crippen molar-refractivity contribution in [1.29, 1.82) is 0 Å². The maximum atomic E-state index is 11.7. The van der Waals surface area contributed by atoms with Crippen LogP contribution >= 0.6 is 0 Å². The van der Waals surface area contributed by atoms with Crippen LogP contribution in [0.5, 0.6) is 5.75 Å². The number of carboxylic acid groups (broad SMARTS) is 3. The minimum absolute atomic E-state index is 0.0592. The lowest BCUT2D eigenvalue weighted by atomic mass is 9.96. The fraction of sp³-hybridized carbons (Fsp3) is 0.407. The van der Waals surface area contributed by atoms with Gasteiger partial charge in [0, 0.05) is 6.54 Å². The molecule has 11 nitrogen and oxygen atoms in total. The normalized spacial score (nSPS) is 10.7. The number of esters is 1. The molecule has 0 aliphatic heterocycles. The summed E-state index contributed by atoms with van der Waals surface area (Å²) < 4.78 is 10.7. The molecule has 2 rings (SSSR count). The molecule has 208 valence electrons. The van der Waals surface area contributed by atoms with Crippen LogP contribution in [0.15, 0.2) is 54.6 Å². The molecule has 0 saturated heterocycles. The molecule has 11 heteroatoms. The van der Waals surface area contributed by atoms with Gasteiger partial charge in [-0.05, 0) is 42.8 Å². The molecular weight excluding hydrogens is 498 g/mol. The maximum absolute atomic E-state index is 11.7. The van der Waals surface area contributed by atoms with E-state index in [-0.39, 0.29) is 12.6 Å². The molecule has 0 bridgehead atoms. The predicted molar refractivity (Wildman–Crippen MR) is 137 cm³/mol. The average molecular weight is 534 g/mol. The number of ether oxygens (including phenoxy) is 2. The highest BCUT2D eigenvalue weighted by atomic mass is 16.6. The Morgan fingerprint density at radius 2 is 1.34 bits per heavy atom. The largest absolute Gasteiger partial charge is 0.482 e. The first-order valence-electron chi connectivity index (χ1n) is 12.0. The molecule has 0 radical (unpaired) electrons. The number of aliphatic carboxylic acids is 3. The fourth-order valence-corrected chi connectivity index (χ4v) is 3.26. The average Bonchev–Trinajstić information content (AvgIpc) is 2.86. The molecule has 38 heavy (non-hydrogen) atoms. The van der Waals surface area contributed by atoms with E-state index in [9.17, 15) is 19.2 Å². The topological polar surface area (TPSA) is 171 Å². The van der Waals surface area contributed by atoms with E-state index in [2.05, 4.69) is 30.9 Å². The molecule has 0 aliphatic rings.